The molecule has 2 aromatic carbocycles. The van der Waals surface area contributed by atoms with Crippen molar-refractivity contribution >= 4 is 34.6 Å². The van der Waals surface area contributed by atoms with Crippen molar-refractivity contribution in [3.05, 3.63) is 48.5 Å². The van der Waals surface area contributed by atoms with E-state index in [1.165, 1.54) is 0 Å². The second-order valence-corrected chi connectivity index (χ2v) is 5.02. The zero-order valence-electron chi connectivity index (χ0n) is 13.3. The molecule has 0 radical (unpaired) electrons. The van der Waals surface area contributed by atoms with E-state index in [2.05, 4.69) is 16.0 Å². The van der Waals surface area contributed by atoms with E-state index < -0.39 is 0 Å². The molecule has 5 nitrogen and oxygen atoms in total. The van der Waals surface area contributed by atoms with E-state index in [0.717, 1.165) is 11.4 Å². The van der Waals surface area contributed by atoms with Gasteiger partial charge < -0.3 is 16.0 Å². The first kappa shape index (κ1) is 16.5. The van der Waals surface area contributed by atoms with E-state index in [9.17, 15) is 9.59 Å². The molecule has 2 aromatic rings. The molecule has 0 spiro atoms. The fourth-order valence-corrected chi connectivity index (χ4v) is 2.04. The summed E-state index contributed by atoms with van der Waals surface area (Å²) in [5, 5.41) is 8.95. The van der Waals surface area contributed by atoms with Crippen molar-refractivity contribution in [1.82, 2.24) is 0 Å². The molecule has 0 bridgehead atoms. The Morgan fingerprint density at radius 3 is 2.04 bits per heavy atom. The molecule has 23 heavy (non-hydrogen) atoms. The van der Waals surface area contributed by atoms with E-state index in [1.54, 1.807) is 19.9 Å². The van der Waals surface area contributed by atoms with Gasteiger partial charge in [0.05, 0.1) is 17.1 Å². The summed E-state index contributed by atoms with van der Waals surface area (Å²) < 4.78 is 0. The number of nitrogens with one attached hydrogen (secondary N) is 3. The number of hydrogen-bond donors (Lipinski definition) is 3. The summed E-state index contributed by atoms with van der Waals surface area (Å²) in [6, 6.07) is 15.1. The minimum Gasteiger partial charge on any atom is -0.354 e. The normalized spacial score (nSPS) is 10.0. The summed E-state index contributed by atoms with van der Waals surface area (Å²) in [5.41, 5.74) is 2.79. The molecule has 5 heteroatoms. The van der Waals surface area contributed by atoms with Crippen LogP contribution in [0.5, 0.6) is 0 Å². The Balaban J connectivity index is 2.37. The van der Waals surface area contributed by atoms with Crippen LogP contribution in [0.15, 0.2) is 48.5 Å². The number of para-hydroxylation sites is 2. The zero-order chi connectivity index (χ0) is 16.7. The lowest BCUT2D eigenvalue weighted by atomic mass is 10.2. The van der Waals surface area contributed by atoms with Gasteiger partial charge in [-0.25, -0.2) is 0 Å². The fraction of sp³-hybridized carbons (Fsp3) is 0.222. The highest BCUT2D eigenvalue weighted by molar-refractivity contribution is 6.03. The number of anilines is 4. The lowest BCUT2D eigenvalue weighted by Crippen LogP contribution is -2.16. The van der Waals surface area contributed by atoms with Crippen LogP contribution in [-0.2, 0) is 9.59 Å². The molecule has 0 aromatic heterocycles. The summed E-state index contributed by atoms with van der Waals surface area (Å²) in [6.07, 6.45) is 0.734. The summed E-state index contributed by atoms with van der Waals surface area (Å²) >= 11 is 0. The van der Waals surface area contributed by atoms with Crippen LogP contribution < -0.4 is 16.0 Å². The van der Waals surface area contributed by atoms with E-state index in [0.29, 0.717) is 24.2 Å². The van der Waals surface area contributed by atoms with E-state index in [-0.39, 0.29) is 11.8 Å². The predicted octanol–water partition coefficient (Wildman–Crippen LogP) is 4.13. The molecule has 0 fully saturated rings. The number of amides is 2. The number of carbonyl (C=O) groups excluding carboxylic acids is 2. The molecule has 0 aliphatic rings. The van der Waals surface area contributed by atoms with E-state index in [1.807, 2.05) is 42.5 Å². The van der Waals surface area contributed by atoms with Gasteiger partial charge in [0.15, 0.2) is 0 Å². The van der Waals surface area contributed by atoms with Crippen molar-refractivity contribution in [2.24, 2.45) is 0 Å². The van der Waals surface area contributed by atoms with Crippen LogP contribution in [0, 0.1) is 0 Å². The summed E-state index contributed by atoms with van der Waals surface area (Å²) in [7, 11) is 0. The zero-order valence-corrected chi connectivity index (χ0v) is 13.3. The smallest absolute Gasteiger partial charge is 0.224 e. The van der Waals surface area contributed by atoms with Gasteiger partial charge in [-0.2, -0.15) is 0 Å². The SMILES string of the molecule is CCC(=O)Nc1cccc(Nc2ccccc2)c1NC(=O)CC. The Hall–Kier alpha value is -2.82. The highest BCUT2D eigenvalue weighted by Crippen LogP contribution is 2.33. The van der Waals surface area contributed by atoms with Gasteiger partial charge in [-0.1, -0.05) is 38.1 Å². The maximum Gasteiger partial charge on any atom is 0.224 e. The summed E-state index contributed by atoms with van der Waals surface area (Å²) in [6.45, 7) is 3.57. The number of carbonyl (C=O) groups is 2. The first-order chi connectivity index (χ1) is 11.1. The molecule has 0 atom stereocenters. The van der Waals surface area contributed by atoms with Crippen LogP contribution in [0.1, 0.15) is 26.7 Å². The Labute approximate surface area is 136 Å². The molecule has 0 saturated carbocycles. The van der Waals surface area contributed by atoms with Gasteiger partial charge in [-0.05, 0) is 24.3 Å². The lowest BCUT2D eigenvalue weighted by Gasteiger charge is -2.17. The Bertz CT molecular complexity index is 684. The highest BCUT2D eigenvalue weighted by Gasteiger charge is 2.13. The first-order valence-electron chi connectivity index (χ1n) is 7.68. The van der Waals surface area contributed by atoms with Crippen molar-refractivity contribution in [2.75, 3.05) is 16.0 Å². The topological polar surface area (TPSA) is 70.2 Å². The van der Waals surface area contributed by atoms with Crippen molar-refractivity contribution in [2.45, 2.75) is 26.7 Å². The Morgan fingerprint density at radius 1 is 0.783 bits per heavy atom. The Kier molecular flexibility index (Phi) is 5.74. The van der Waals surface area contributed by atoms with Gasteiger partial charge in [0, 0.05) is 18.5 Å². The third-order valence-corrected chi connectivity index (χ3v) is 3.30. The summed E-state index contributed by atoms with van der Waals surface area (Å²) in [5.74, 6) is -0.215. The second kappa shape index (κ2) is 7.98. The molecule has 2 rings (SSSR count). The molecule has 0 unspecified atom stereocenters. The quantitative estimate of drug-likeness (QED) is 0.751. The van der Waals surface area contributed by atoms with Crippen molar-refractivity contribution in [3.63, 3.8) is 0 Å². The van der Waals surface area contributed by atoms with Crippen LogP contribution in [-0.4, -0.2) is 11.8 Å². The minimum absolute atomic E-state index is 0.103. The molecular formula is C18H21N3O2. The molecule has 0 heterocycles. The standard InChI is InChI=1S/C18H21N3O2/c1-3-16(22)20-15-12-8-11-14(18(15)21-17(23)4-2)19-13-9-6-5-7-10-13/h5-12,19H,3-4H2,1-2H3,(H,20,22)(H,21,23). The molecule has 120 valence electrons. The van der Waals surface area contributed by atoms with Crippen LogP contribution >= 0.6 is 0 Å². The monoisotopic (exact) mass is 311 g/mol. The van der Waals surface area contributed by atoms with Crippen molar-refractivity contribution in [3.8, 4) is 0 Å². The highest BCUT2D eigenvalue weighted by atomic mass is 16.2. The van der Waals surface area contributed by atoms with Gasteiger partial charge in [0.2, 0.25) is 11.8 Å². The summed E-state index contributed by atoms with van der Waals surface area (Å²) in [4.78, 5) is 23.6. The van der Waals surface area contributed by atoms with E-state index >= 15 is 0 Å². The third kappa shape index (κ3) is 4.57. The number of rotatable bonds is 6. The molecule has 3 N–H and O–H groups in total. The predicted molar refractivity (Wildman–Crippen MR) is 94.0 cm³/mol. The van der Waals surface area contributed by atoms with Crippen molar-refractivity contribution < 1.29 is 9.59 Å². The third-order valence-electron chi connectivity index (χ3n) is 3.30. The van der Waals surface area contributed by atoms with Crippen LogP contribution in [0.2, 0.25) is 0 Å². The average Bonchev–Trinajstić information content (AvgIpc) is 2.58. The van der Waals surface area contributed by atoms with Gasteiger partial charge in [0.1, 0.15) is 0 Å². The van der Waals surface area contributed by atoms with Crippen LogP contribution in [0.4, 0.5) is 22.7 Å². The molecule has 0 aliphatic heterocycles. The average molecular weight is 311 g/mol. The van der Waals surface area contributed by atoms with Gasteiger partial charge in [0.25, 0.3) is 0 Å². The lowest BCUT2D eigenvalue weighted by molar-refractivity contribution is -0.116. The van der Waals surface area contributed by atoms with Gasteiger partial charge in [-0.3, -0.25) is 9.59 Å². The fourth-order valence-electron chi connectivity index (χ4n) is 2.04. The van der Waals surface area contributed by atoms with Crippen LogP contribution in [0.25, 0.3) is 0 Å². The van der Waals surface area contributed by atoms with Crippen LogP contribution in [0.3, 0.4) is 0 Å². The maximum absolute atomic E-state index is 11.8. The molecular weight excluding hydrogens is 290 g/mol. The Morgan fingerprint density at radius 2 is 1.39 bits per heavy atom. The largest absolute Gasteiger partial charge is 0.354 e. The van der Waals surface area contributed by atoms with Gasteiger partial charge >= 0.3 is 0 Å². The first-order valence-corrected chi connectivity index (χ1v) is 7.68. The molecule has 0 aliphatic carbocycles. The number of benzene rings is 2. The molecule has 0 saturated heterocycles. The number of hydrogen-bond acceptors (Lipinski definition) is 3. The second-order valence-electron chi connectivity index (χ2n) is 5.02. The van der Waals surface area contributed by atoms with Crippen molar-refractivity contribution in [1.29, 1.82) is 0 Å². The van der Waals surface area contributed by atoms with Gasteiger partial charge in [-0.15, -0.1) is 0 Å². The van der Waals surface area contributed by atoms with E-state index in [4.69, 9.17) is 0 Å². The minimum atomic E-state index is -0.112. The maximum atomic E-state index is 11.8. The molecule has 2 amide bonds.